The van der Waals surface area contributed by atoms with Crippen LogP contribution in [0.25, 0.3) is 0 Å². The lowest BCUT2D eigenvalue weighted by Gasteiger charge is -2.12. The van der Waals surface area contributed by atoms with Crippen LogP contribution in [0.1, 0.15) is 32.6 Å². The van der Waals surface area contributed by atoms with Gasteiger partial charge in [0, 0.05) is 5.92 Å². The molecule has 0 spiro atoms. The minimum atomic E-state index is -0.0510. The second-order valence-electron chi connectivity index (χ2n) is 3.40. The number of rotatable bonds is 3. The first kappa shape index (κ1) is 9.84. The number of nitrogens with one attached hydrogen (secondary N) is 1. The zero-order valence-corrected chi connectivity index (χ0v) is 8.20. The summed E-state index contributed by atoms with van der Waals surface area (Å²) in [6.45, 7) is 5.63. The zero-order valence-electron chi connectivity index (χ0n) is 8.20. The molecule has 0 aliphatic carbocycles. The maximum Gasteiger partial charge on any atom is 0.223 e. The Kier molecular flexibility index (Phi) is 3.12. The Hall–Kier alpha value is -1.25. The van der Waals surface area contributed by atoms with Gasteiger partial charge in [-0.2, -0.15) is 0 Å². The molecule has 1 aromatic heterocycles. The minimum absolute atomic E-state index is 0.0115. The third-order valence-corrected chi connectivity index (χ3v) is 1.85. The smallest absolute Gasteiger partial charge is 0.223 e. The van der Waals surface area contributed by atoms with Gasteiger partial charge in [0.05, 0.1) is 12.3 Å². The number of amides is 1. The summed E-state index contributed by atoms with van der Waals surface area (Å²) in [4.78, 5) is 11.3. The fourth-order valence-electron chi connectivity index (χ4n) is 0.989. The Bertz CT molecular complexity index is 264. The maximum atomic E-state index is 11.3. The lowest BCUT2D eigenvalue weighted by Crippen LogP contribution is -2.30. The molecular weight excluding hydrogens is 166 g/mol. The molecule has 3 heteroatoms. The van der Waals surface area contributed by atoms with Crippen molar-refractivity contribution in [2.45, 2.75) is 26.8 Å². The summed E-state index contributed by atoms with van der Waals surface area (Å²) < 4.78 is 5.16. The van der Waals surface area contributed by atoms with Crippen molar-refractivity contribution in [2.24, 2.45) is 5.92 Å². The Morgan fingerprint density at radius 1 is 1.46 bits per heavy atom. The van der Waals surface area contributed by atoms with Crippen molar-refractivity contribution in [3.05, 3.63) is 24.2 Å². The SMILES string of the molecule is CC(C)C(=O)N[C@H](C)c1ccco1. The van der Waals surface area contributed by atoms with Crippen LogP contribution in [-0.4, -0.2) is 5.91 Å². The summed E-state index contributed by atoms with van der Waals surface area (Å²) in [7, 11) is 0. The van der Waals surface area contributed by atoms with E-state index in [0.717, 1.165) is 5.76 Å². The Labute approximate surface area is 78.1 Å². The van der Waals surface area contributed by atoms with Gasteiger partial charge in [-0.05, 0) is 19.1 Å². The van der Waals surface area contributed by atoms with E-state index in [1.54, 1.807) is 6.26 Å². The van der Waals surface area contributed by atoms with E-state index in [2.05, 4.69) is 5.32 Å². The van der Waals surface area contributed by atoms with Crippen molar-refractivity contribution in [2.75, 3.05) is 0 Å². The first-order valence-electron chi connectivity index (χ1n) is 4.45. The fourth-order valence-corrected chi connectivity index (χ4v) is 0.989. The number of hydrogen-bond donors (Lipinski definition) is 1. The summed E-state index contributed by atoms with van der Waals surface area (Å²) in [5.74, 6) is 0.843. The van der Waals surface area contributed by atoms with Gasteiger partial charge < -0.3 is 9.73 Å². The molecule has 0 aliphatic heterocycles. The molecule has 1 aromatic rings. The van der Waals surface area contributed by atoms with Gasteiger partial charge in [0.2, 0.25) is 5.91 Å². The summed E-state index contributed by atoms with van der Waals surface area (Å²) >= 11 is 0. The van der Waals surface area contributed by atoms with Crippen LogP contribution in [0.15, 0.2) is 22.8 Å². The standard InChI is InChI=1S/C10H15NO2/c1-7(2)10(12)11-8(3)9-5-4-6-13-9/h4-8H,1-3H3,(H,11,12)/t8-/m1/s1. The second-order valence-corrected chi connectivity index (χ2v) is 3.40. The molecule has 3 nitrogen and oxygen atoms in total. The van der Waals surface area contributed by atoms with E-state index in [1.165, 1.54) is 0 Å². The van der Waals surface area contributed by atoms with E-state index >= 15 is 0 Å². The van der Waals surface area contributed by atoms with Crippen LogP contribution in [0.2, 0.25) is 0 Å². The van der Waals surface area contributed by atoms with Gasteiger partial charge in [-0.25, -0.2) is 0 Å². The number of carbonyl (C=O) groups is 1. The Morgan fingerprint density at radius 2 is 2.15 bits per heavy atom. The van der Waals surface area contributed by atoms with Crippen molar-refractivity contribution in [3.63, 3.8) is 0 Å². The van der Waals surface area contributed by atoms with Crippen LogP contribution in [0, 0.1) is 5.92 Å². The highest BCUT2D eigenvalue weighted by atomic mass is 16.3. The quantitative estimate of drug-likeness (QED) is 0.776. The molecule has 0 bridgehead atoms. The van der Waals surface area contributed by atoms with Crippen molar-refractivity contribution in [1.29, 1.82) is 0 Å². The van der Waals surface area contributed by atoms with E-state index in [-0.39, 0.29) is 17.9 Å². The van der Waals surface area contributed by atoms with Crippen LogP contribution in [0.4, 0.5) is 0 Å². The van der Waals surface area contributed by atoms with Gasteiger partial charge in [0.15, 0.2) is 0 Å². The lowest BCUT2D eigenvalue weighted by atomic mass is 10.2. The highest BCUT2D eigenvalue weighted by Gasteiger charge is 2.13. The monoisotopic (exact) mass is 181 g/mol. The molecule has 0 fully saturated rings. The van der Waals surface area contributed by atoms with Gasteiger partial charge in [-0.1, -0.05) is 13.8 Å². The predicted molar refractivity (Wildman–Crippen MR) is 50.1 cm³/mol. The third-order valence-electron chi connectivity index (χ3n) is 1.85. The maximum absolute atomic E-state index is 11.3. The summed E-state index contributed by atoms with van der Waals surface area (Å²) in [6, 6.07) is 3.61. The van der Waals surface area contributed by atoms with Crippen LogP contribution in [0.3, 0.4) is 0 Å². The van der Waals surface area contributed by atoms with Crippen molar-refractivity contribution in [1.82, 2.24) is 5.32 Å². The van der Waals surface area contributed by atoms with E-state index in [9.17, 15) is 4.79 Å². The Balaban J connectivity index is 2.51. The largest absolute Gasteiger partial charge is 0.467 e. The minimum Gasteiger partial charge on any atom is -0.467 e. The first-order valence-corrected chi connectivity index (χ1v) is 4.45. The third kappa shape index (κ3) is 2.61. The van der Waals surface area contributed by atoms with Crippen molar-refractivity contribution < 1.29 is 9.21 Å². The average molecular weight is 181 g/mol. The lowest BCUT2D eigenvalue weighted by molar-refractivity contribution is -0.124. The van der Waals surface area contributed by atoms with Crippen molar-refractivity contribution >= 4 is 5.91 Å². The molecule has 1 atom stereocenters. The van der Waals surface area contributed by atoms with Gasteiger partial charge in [-0.15, -0.1) is 0 Å². The van der Waals surface area contributed by atoms with E-state index in [1.807, 2.05) is 32.9 Å². The summed E-state index contributed by atoms with van der Waals surface area (Å²) in [5.41, 5.74) is 0. The van der Waals surface area contributed by atoms with Crippen LogP contribution in [0.5, 0.6) is 0 Å². The van der Waals surface area contributed by atoms with Crippen molar-refractivity contribution in [3.8, 4) is 0 Å². The van der Waals surface area contributed by atoms with E-state index in [0.29, 0.717) is 0 Å². The molecule has 13 heavy (non-hydrogen) atoms. The van der Waals surface area contributed by atoms with Crippen LogP contribution >= 0.6 is 0 Å². The van der Waals surface area contributed by atoms with Crippen LogP contribution in [-0.2, 0) is 4.79 Å². The molecule has 0 saturated heterocycles. The predicted octanol–water partition coefficient (Wildman–Crippen LogP) is 2.11. The summed E-state index contributed by atoms with van der Waals surface area (Å²) in [6.07, 6.45) is 1.60. The highest BCUT2D eigenvalue weighted by molar-refractivity contribution is 5.78. The highest BCUT2D eigenvalue weighted by Crippen LogP contribution is 2.12. The molecule has 1 rings (SSSR count). The molecule has 72 valence electrons. The van der Waals surface area contributed by atoms with Gasteiger partial charge in [0.1, 0.15) is 5.76 Å². The molecule has 0 aliphatic rings. The Morgan fingerprint density at radius 3 is 2.62 bits per heavy atom. The first-order chi connectivity index (χ1) is 6.11. The van der Waals surface area contributed by atoms with Gasteiger partial charge >= 0.3 is 0 Å². The molecule has 0 radical (unpaired) electrons. The number of hydrogen-bond acceptors (Lipinski definition) is 2. The van der Waals surface area contributed by atoms with E-state index in [4.69, 9.17) is 4.42 Å². The molecular formula is C10H15NO2. The van der Waals surface area contributed by atoms with Gasteiger partial charge in [-0.3, -0.25) is 4.79 Å². The van der Waals surface area contributed by atoms with E-state index < -0.39 is 0 Å². The fraction of sp³-hybridized carbons (Fsp3) is 0.500. The average Bonchev–Trinajstić information content (AvgIpc) is 2.55. The molecule has 1 N–H and O–H groups in total. The molecule has 1 amide bonds. The number of carbonyl (C=O) groups excluding carboxylic acids is 1. The zero-order chi connectivity index (χ0) is 9.84. The second kappa shape index (κ2) is 4.12. The molecule has 0 saturated carbocycles. The molecule has 1 heterocycles. The molecule has 0 aromatic carbocycles. The number of furan rings is 1. The summed E-state index contributed by atoms with van der Waals surface area (Å²) in [5, 5.41) is 2.85. The van der Waals surface area contributed by atoms with Gasteiger partial charge in [0.25, 0.3) is 0 Å². The van der Waals surface area contributed by atoms with Crippen LogP contribution < -0.4 is 5.32 Å². The topological polar surface area (TPSA) is 42.2 Å². The molecule has 0 unspecified atom stereocenters. The normalized spacial score (nSPS) is 12.9.